The van der Waals surface area contributed by atoms with Crippen molar-refractivity contribution in [3.05, 3.63) is 0 Å². The fourth-order valence-corrected chi connectivity index (χ4v) is 1.96. The van der Waals surface area contributed by atoms with Crippen molar-refractivity contribution in [3.8, 4) is 0 Å². The highest BCUT2D eigenvalue weighted by molar-refractivity contribution is 5.85. The van der Waals surface area contributed by atoms with Gasteiger partial charge in [0.25, 0.3) is 0 Å². The number of nitrogens with zero attached hydrogens (tertiary/aromatic N) is 1. The van der Waals surface area contributed by atoms with Gasteiger partial charge in [0, 0.05) is 6.54 Å². The Morgan fingerprint density at radius 1 is 1.15 bits per heavy atom. The van der Waals surface area contributed by atoms with Crippen LogP contribution in [-0.4, -0.2) is 43.0 Å². The zero-order chi connectivity index (χ0) is 14.0. The van der Waals surface area contributed by atoms with Crippen LogP contribution in [0.1, 0.15) is 47.0 Å². The van der Waals surface area contributed by atoms with Crippen LogP contribution in [-0.2, 0) is 4.79 Å². The fraction of sp³-hybridized carbons (Fsp3) is 0.929. The highest BCUT2D eigenvalue weighted by Crippen LogP contribution is 2.02. The smallest absolute Gasteiger partial charge is 0.236 e. The van der Waals surface area contributed by atoms with Crippen molar-refractivity contribution in [2.75, 3.05) is 26.2 Å². The Morgan fingerprint density at radius 3 is 2.15 bits per heavy atom. The number of carbonyl (C=O) groups is 1. The van der Waals surface area contributed by atoms with Crippen molar-refractivity contribution in [2.45, 2.75) is 53.0 Å². The first kappa shape index (κ1) is 25.0. The summed E-state index contributed by atoms with van der Waals surface area (Å²) in [7, 11) is 0. The molecule has 0 spiro atoms. The van der Waals surface area contributed by atoms with Crippen molar-refractivity contribution in [1.82, 2.24) is 10.2 Å². The molecule has 1 amide bonds. The number of unbranched alkanes of at least 4 members (excludes halogenated alkanes) is 1. The minimum atomic E-state index is -0.354. The number of nitrogens with one attached hydrogen (secondary N) is 1. The molecule has 1 atom stereocenters. The van der Waals surface area contributed by atoms with E-state index in [2.05, 4.69) is 37.9 Å². The molecule has 6 heteroatoms. The molecule has 0 unspecified atom stereocenters. The van der Waals surface area contributed by atoms with Gasteiger partial charge in [-0.15, -0.1) is 24.8 Å². The third-order valence-electron chi connectivity index (χ3n) is 3.16. The van der Waals surface area contributed by atoms with Gasteiger partial charge < -0.3 is 16.0 Å². The Balaban J connectivity index is -0.00000144. The zero-order valence-electron chi connectivity index (χ0n) is 13.4. The minimum Gasteiger partial charge on any atom is -0.355 e. The number of carbonyl (C=O) groups excluding carboxylic acids is 1. The largest absolute Gasteiger partial charge is 0.355 e. The van der Waals surface area contributed by atoms with E-state index in [9.17, 15) is 4.79 Å². The predicted molar refractivity (Wildman–Crippen MR) is 92.0 cm³/mol. The molecule has 124 valence electrons. The van der Waals surface area contributed by atoms with Gasteiger partial charge in [0.15, 0.2) is 0 Å². The SMILES string of the molecule is CCN(CC)CCCCNC(=O)[C@@H](N)CC(C)C.Cl.Cl. The summed E-state index contributed by atoms with van der Waals surface area (Å²) in [6.07, 6.45) is 2.91. The van der Waals surface area contributed by atoms with Crippen molar-refractivity contribution >= 4 is 30.7 Å². The summed E-state index contributed by atoms with van der Waals surface area (Å²) in [6.45, 7) is 12.6. The van der Waals surface area contributed by atoms with Gasteiger partial charge >= 0.3 is 0 Å². The third kappa shape index (κ3) is 13.0. The molecule has 0 fully saturated rings. The van der Waals surface area contributed by atoms with Crippen LogP contribution in [0.3, 0.4) is 0 Å². The van der Waals surface area contributed by atoms with Gasteiger partial charge in [0.2, 0.25) is 5.91 Å². The van der Waals surface area contributed by atoms with E-state index in [0.29, 0.717) is 5.92 Å². The van der Waals surface area contributed by atoms with Crippen LogP contribution in [0.2, 0.25) is 0 Å². The van der Waals surface area contributed by atoms with Gasteiger partial charge in [-0.25, -0.2) is 0 Å². The van der Waals surface area contributed by atoms with Gasteiger partial charge in [-0.1, -0.05) is 27.7 Å². The molecule has 0 radical (unpaired) electrons. The number of rotatable bonds is 10. The molecule has 0 aromatic heterocycles. The molecule has 0 aromatic rings. The second-order valence-electron chi connectivity index (χ2n) is 5.26. The second kappa shape index (κ2) is 15.4. The Kier molecular flexibility index (Phi) is 19.2. The predicted octanol–water partition coefficient (Wildman–Crippen LogP) is 2.44. The van der Waals surface area contributed by atoms with Crippen molar-refractivity contribution in [2.24, 2.45) is 11.7 Å². The van der Waals surface area contributed by atoms with Crippen LogP contribution < -0.4 is 11.1 Å². The van der Waals surface area contributed by atoms with Crippen molar-refractivity contribution in [1.29, 1.82) is 0 Å². The van der Waals surface area contributed by atoms with E-state index >= 15 is 0 Å². The molecule has 0 aromatic carbocycles. The average molecular weight is 330 g/mol. The number of amides is 1. The summed E-state index contributed by atoms with van der Waals surface area (Å²) in [5.41, 5.74) is 5.80. The highest BCUT2D eigenvalue weighted by Gasteiger charge is 2.13. The number of nitrogens with two attached hydrogens (primary N) is 1. The van der Waals surface area contributed by atoms with E-state index in [4.69, 9.17) is 5.73 Å². The van der Waals surface area contributed by atoms with E-state index in [1.807, 2.05) is 0 Å². The topological polar surface area (TPSA) is 58.4 Å². The molecular formula is C14H33Cl2N3O. The molecule has 3 N–H and O–H groups in total. The summed E-state index contributed by atoms with van der Waals surface area (Å²) in [5, 5.41) is 2.92. The molecule has 4 nitrogen and oxygen atoms in total. The monoisotopic (exact) mass is 329 g/mol. The number of halogens is 2. The second-order valence-corrected chi connectivity index (χ2v) is 5.26. The lowest BCUT2D eigenvalue weighted by Crippen LogP contribution is -2.41. The van der Waals surface area contributed by atoms with Crippen LogP contribution in [0.25, 0.3) is 0 Å². The van der Waals surface area contributed by atoms with E-state index in [0.717, 1.165) is 45.4 Å². The first-order chi connectivity index (χ1) is 8.51. The zero-order valence-corrected chi connectivity index (χ0v) is 15.0. The van der Waals surface area contributed by atoms with Crippen LogP contribution in [0, 0.1) is 5.92 Å². The lowest BCUT2D eigenvalue weighted by atomic mass is 10.0. The maximum Gasteiger partial charge on any atom is 0.236 e. The summed E-state index contributed by atoms with van der Waals surface area (Å²) in [5.74, 6) is 0.458. The van der Waals surface area contributed by atoms with Gasteiger partial charge in [-0.2, -0.15) is 0 Å². The minimum absolute atomic E-state index is 0. The molecule has 0 rings (SSSR count). The molecule has 0 heterocycles. The van der Waals surface area contributed by atoms with E-state index in [1.165, 1.54) is 0 Å². The van der Waals surface area contributed by atoms with Crippen LogP contribution in [0.15, 0.2) is 0 Å². The molecule has 0 bridgehead atoms. The van der Waals surface area contributed by atoms with Crippen molar-refractivity contribution < 1.29 is 4.79 Å². The number of hydrogen-bond acceptors (Lipinski definition) is 3. The third-order valence-corrected chi connectivity index (χ3v) is 3.16. The van der Waals surface area contributed by atoms with E-state index < -0.39 is 0 Å². The Bertz CT molecular complexity index is 224. The van der Waals surface area contributed by atoms with E-state index in [1.54, 1.807) is 0 Å². The molecule has 0 saturated carbocycles. The molecule has 20 heavy (non-hydrogen) atoms. The Morgan fingerprint density at radius 2 is 1.70 bits per heavy atom. The molecule has 0 aliphatic heterocycles. The summed E-state index contributed by atoms with van der Waals surface area (Å²) >= 11 is 0. The normalized spacial score (nSPS) is 11.8. The molecule has 0 aliphatic rings. The standard InChI is InChI=1S/C14H31N3O.2ClH/c1-5-17(6-2)10-8-7-9-16-14(18)13(15)11-12(3)4;;/h12-13H,5-11,15H2,1-4H3,(H,16,18);2*1H/t13-;;/m0../s1. The van der Waals surface area contributed by atoms with Gasteiger partial charge in [-0.3, -0.25) is 4.79 Å². The van der Waals surface area contributed by atoms with Crippen LogP contribution in [0.5, 0.6) is 0 Å². The number of hydrogen-bond donors (Lipinski definition) is 2. The maximum absolute atomic E-state index is 11.6. The van der Waals surface area contributed by atoms with E-state index in [-0.39, 0.29) is 36.8 Å². The van der Waals surface area contributed by atoms with Crippen molar-refractivity contribution in [3.63, 3.8) is 0 Å². The molecular weight excluding hydrogens is 297 g/mol. The fourth-order valence-electron chi connectivity index (χ4n) is 1.96. The summed E-state index contributed by atoms with van der Waals surface area (Å²) in [6, 6.07) is -0.354. The summed E-state index contributed by atoms with van der Waals surface area (Å²) < 4.78 is 0. The summed E-state index contributed by atoms with van der Waals surface area (Å²) in [4.78, 5) is 14.0. The lowest BCUT2D eigenvalue weighted by molar-refractivity contribution is -0.122. The van der Waals surface area contributed by atoms with Gasteiger partial charge in [0.05, 0.1) is 6.04 Å². The van der Waals surface area contributed by atoms with Crippen LogP contribution >= 0.6 is 24.8 Å². The quantitative estimate of drug-likeness (QED) is 0.605. The van der Waals surface area contributed by atoms with Gasteiger partial charge in [-0.05, 0) is 44.8 Å². The molecule has 0 saturated heterocycles. The van der Waals surface area contributed by atoms with Crippen LogP contribution in [0.4, 0.5) is 0 Å². The van der Waals surface area contributed by atoms with Gasteiger partial charge in [0.1, 0.15) is 0 Å². The lowest BCUT2D eigenvalue weighted by Gasteiger charge is -2.18. The first-order valence-electron chi connectivity index (χ1n) is 7.26. The Labute approximate surface area is 137 Å². The average Bonchev–Trinajstić information content (AvgIpc) is 2.32. The first-order valence-corrected chi connectivity index (χ1v) is 7.26. The molecule has 0 aliphatic carbocycles. The Hall–Kier alpha value is -0.0300. The maximum atomic E-state index is 11.6. The highest BCUT2D eigenvalue weighted by atomic mass is 35.5.